The van der Waals surface area contributed by atoms with Gasteiger partial charge in [0.2, 0.25) is 15.9 Å². The Morgan fingerprint density at radius 1 is 1.19 bits per heavy atom. The van der Waals surface area contributed by atoms with Crippen molar-refractivity contribution >= 4 is 49.7 Å². The molecule has 0 fully saturated rings. The van der Waals surface area contributed by atoms with E-state index in [1.165, 1.54) is 12.1 Å². The van der Waals surface area contributed by atoms with Crippen molar-refractivity contribution < 1.29 is 17.4 Å². The number of para-hydroxylation sites is 1. The highest BCUT2D eigenvalue weighted by Gasteiger charge is 2.29. The van der Waals surface area contributed by atoms with Gasteiger partial charge in [-0.1, -0.05) is 32.0 Å². The number of H-pyrrole nitrogens is 1. The van der Waals surface area contributed by atoms with Crippen LogP contribution >= 0.6 is 0 Å². The van der Waals surface area contributed by atoms with Gasteiger partial charge in [0, 0.05) is 17.7 Å². The van der Waals surface area contributed by atoms with Crippen LogP contribution in [0.2, 0.25) is 0 Å². The number of aromatic nitrogens is 2. The van der Waals surface area contributed by atoms with Crippen LogP contribution in [0.4, 0.5) is 5.95 Å². The molecule has 3 aromatic rings. The number of primary sulfonamides is 1. The Hall–Kier alpha value is -3.61. The first-order valence-electron chi connectivity index (χ1n) is 10.4. The van der Waals surface area contributed by atoms with Crippen molar-refractivity contribution in [3.05, 3.63) is 35.9 Å². The lowest BCUT2D eigenvalue weighted by atomic mass is 9.97. The molecule has 0 saturated heterocycles. The summed E-state index contributed by atoms with van der Waals surface area (Å²) in [6.07, 6.45) is 0. The molecule has 0 aliphatic carbocycles. The van der Waals surface area contributed by atoms with E-state index in [4.69, 9.17) is 33.9 Å². The van der Waals surface area contributed by atoms with Crippen LogP contribution in [0.1, 0.15) is 19.4 Å². The van der Waals surface area contributed by atoms with Crippen molar-refractivity contribution in [1.29, 1.82) is 0 Å². The summed E-state index contributed by atoms with van der Waals surface area (Å²) in [6.45, 7) is 3.70. The number of hydrogen-bond acceptors (Lipinski definition) is 10. The average molecular weight is 540 g/mol. The van der Waals surface area contributed by atoms with Crippen LogP contribution in [-0.4, -0.2) is 46.9 Å². The highest BCUT2D eigenvalue weighted by molar-refractivity contribution is 7.90. The van der Waals surface area contributed by atoms with Crippen LogP contribution in [-0.2, 0) is 25.8 Å². The van der Waals surface area contributed by atoms with Crippen molar-refractivity contribution in [3.8, 4) is 11.1 Å². The zero-order chi connectivity index (χ0) is 27.2. The fourth-order valence-electron chi connectivity index (χ4n) is 3.21. The van der Waals surface area contributed by atoms with E-state index >= 15 is 0 Å². The fraction of sp³-hybridized carbons (Fsp3) is 0.211. The molecular weight excluding hydrogens is 510 g/mol. The number of carbonyl (C=O) groups excluding carboxylic acids is 1. The van der Waals surface area contributed by atoms with E-state index in [1.54, 1.807) is 18.2 Å². The van der Waals surface area contributed by atoms with Gasteiger partial charge in [0.15, 0.2) is 11.8 Å². The van der Waals surface area contributed by atoms with Gasteiger partial charge in [0.25, 0.3) is 0 Å². The zero-order valence-corrected chi connectivity index (χ0v) is 21.1. The molecule has 2 aromatic carbocycles. The van der Waals surface area contributed by atoms with Crippen molar-refractivity contribution in [2.24, 2.45) is 33.3 Å². The van der Waals surface area contributed by atoms with E-state index in [0.29, 0.717) is 16.6 Å². The second kappa shape index (κ2) is 11.9. The number of nitrogens with one attached hydrogen (secondary N) is 3. The van der Waals surface area contributed by atoms with Gasteiger partial charge in [-0.05, 0) is 17.7 Å². The van der Waals surface area contributed by atoms with Crippen molar-refractivity contribution in [2.45, 2.75) is 29.7 Å². The minimum atomic E-state index is -4.54. The number of carbonyl (C=O) groups is 1. The van der Waals surface area contributed by atoms with Crippen molar-refractivity contribution in [3.63, 3.8) is 0 Å². The van der Waals surface area contributed by atoms with Crippen LogP contribution in [0, 0.1) is 0 Å². The highest BCUT2D eigenvalue weighted by Crippen LogP contribution is 2.35. The third-order valence-electron chi connectivity index (χ3n) is 4.67. The van der Waals surface area contributed by atoms with Crippen molar-refractivity contribution in [2.75, 3.05) is 12.3 Å². The zero-order valence-electron chi connectivity index (χ0n) is 19.5. The highest BCUT2D eigenvalue weighted by atomic mass is 32.2. The Morgan fingerprint density at radius 2 is 1.86 bits per heavy atom. The van der Waals surface area contributed by atoms with Crippen LogP contribution in [0.5, 0.6) is 0 Å². The molecule has 0 bridgehead atoms. The lowest BCUT2D eigenvalue weighted by molar-refractivity contribution is -0.119. The predicted octanol–water partition coefficient (Wildman–Crippen LogP) is -2.01. The molecule has 36 heavy (non-hydrogen) atoms. The number of imidazole rings is 1. The number of hydrogen-bond donors (Lipinski definition) is 9. The van der Waals surface area contributed by atoms with Gasteiger partial charge >= 0.3 is 0 Å². The average Bonchev–Trinajstić information content (AvgIpc) is 3.22. The van der Waals surface area contributed by atoms with E-state index in [1.807, 2.05) is 19.4 Å². The van der Waals surface area contributed by atoms with E-state index in [0.717, 1.165) is 0 Å². The smallest absolute Gasteiger partial charge is 0.240 e. The number of aromatic amines is 1. The topological polar surface area (TPSA) is 290 Å². The lowest BCUT2D eigenvalue weighted by Gasteiger charge is -2.18. The first-order chi connectivity index (χ1) is 17.0. The molecule has 2 unspecified atom stereocenters. The molecule has 0 aliphatic heterocycles. The molecule has 0 radical (unpaired) electrons. The number of amidine groups is 1. The Balaban J connectivity index is 0.00000222. The molecule has 2 atom stereocenters. The number of rotatable bonds is 9. The van der Waals surface area contributed by atoms with Gasteiger partial charge in [0.1, 0.15) is 15.9 Å². The summed E-state index contributed by atoms with van der Waals surface area (Å²) in [5, 5.41) is 9.19. The number of hydrazone groups is 1. The van der Waals surface area contributed by atoms with Gasteiger partial charge in [-0.15, -0.1) is 5.10 Å². The maximum absolute atomic E-state index is 13.0. The van der Waals surface area contributed by atoms with E-state index in [-0.39, 0.29) is 34.4 Å². The van der Waals surface area contributed by atoms with Gasteiger partial charge in [0.05, 0.1) is 22.0 Å². The number of fused-ring (bicyclic) bond motifs is 1. The molecule has 15 nitrogen and oxygen atoms in total. The Kier molecular flexibility index (Phi) is 9.45. The molecule has 1 heterocycles. The lowest BCUT2D eigenvalue weighted by Crippen LogP contribution is -2.44. The molecule has 0 spiro atoms. The summed E-state index contributed by atoms with van der Waals surface area (Å²) < 4.78 is 40.8. The monoisotopic (exact) mass is 539 g/mol. The summed E-state index contributed by atoms with van der Waals surface area (Å²) in [5.41, 5.74) is 25.9. The number of nitrogens with two attached hydrogens (primary N) is 6. The summed E-state index contributed by atoms with van der Waals surface area (Å²) in [7, 11) is -6.74. The molecule has 0 saturated carbocycles. The molecule has 3 rings (SSSR count). The second-order valence-corrected chi connectivity index (χ2v) is 9.70. The number of hydrazine groups is 1. The summed E-state index contributed by atoms with van der Waals surface area (Å²) in [6, 6.07) is 6.62. The second-order valence-electron chi connectivity index (χ2n) is 6.94. The molecule has 1 amide bonds. The Labute approximate surface area is 209 Å². The maximum Gasteiger partial charge on any atom is 0.240 e. The van der Waals surface area contributed by atoms with E-state index in [9.17, 15) is 17.4 Å². The van der Waals surface area contributed by atoms with Crippen molar-refractivity contribution in [1.82, 2.24) is 20.2 Å². The molecule has 15 N–H and O–H groups in total. The molecule has 0 aliphatic rings. The largest absolute Gasteiger partial charge is 0.382 e. The number of primary amides is 1. The number of anilines is 1. The quantitative estimate of drug-likeness (QED) is 0.0623. The van der Waals surface area contributed by atoms with Gasteiger partial charge in [-0.2, -0.15) is 0 Å². The third-order valence-corrected chi connectivity index (χ3v) is 6.96. The molecule has 17 heteroatoms. The van der Waals surface area contributed by atoms with Crippen LogP contribution in [0.25, 0.3) is 22.2 Å². The third kappa shape index (κ3) is 6.14. The summed E-state index contributed by atoms with van der Waals surface area (Å²) in [4.78, 5) is 17.4. The number of nitrogens with zero attached hydrogens (tertiary/aromatic N) is 2. The minimum Gasteiger partial charge on any atom is -0.382 e. The molecule has 1 aromatic heterocycles. The molecule has 196 valence electrons. The SMILES string of the molecule is CC.NN/N=C(\N)c1c(-c2cccc3[nH]c(N)nc23)ccc(S(=O)NCC(N)C(N)=O)c1S(N)(=O)=O. The fourth-order valence-corrected chi connectivity index (χ4v) is 5.58. The van der Waals surface area contributed by atoms with E-state index < -0.39 is 37.9 Å². The standard InChI is InChI=1S/C17H23N11O4S2.C2H6/c18-9(16(20)29)6-24-33(30)11-5-4-7(8-2-1-3-10-13(8)26-17(21)25-10)12(15(19)27-28-22)14(11)34(23,31)32;1-2/h1-5,9,24,28H,6,18,22H2,(H2,19,27)(H2,20,29)(H3,21,25,26)(H2,23,31,32);1-2H3. The Bertz CT molecular complexity index is 1420. The van der Waals surface area contributed by atoms with Gasteiger partial charge < -0.3 is 27.9 Å². The summed E-state index contributed by atoms with van der Waals surface area (Å²) >= 11 is 0. The predicted molar refractivity (Wildman–Crippen MR) is 138 cm³/mol. The number of sulfonamides is 1. The Morgan fingerprint density at radius 3 is 2.44 bits per heavy atom. The minimum absolute atomic E-state index is 0.133. The normalized spacial score (nSPS) is 13.5. The molecular formula is C19H29N11O4S2. The van der Waals surface area contributed by atoms with Crippen LogP contribution in [0.15, 0.2) is 45.2 Å². The summed E-state index contributed by atoms with van der Waals surface area (Å²) in [5.74, 6) is 4.18. The van der Waals surface area contributed by atoms with Crippen LogP contribution < -0.4 is 44.2 Å². The van der Waals surface area contributed by atoms with Crippen LogP contribution in [0.3, 0.4) is 0 Å². The number of nitrogen functional groups attached to an aromatic ring is 1. The van der Waals surface area contributed by atoms with Gasteiger partial charge in [-0.3, -0.25) is 4.79 Å². The van der Waals surface area contributed by atoms with E-state index in [2.05, 4.69) is 19.8 Å². The first-order valence-corrected chi connectivity index (χ1v) is 13.1. The first kappa shape index (κ1) is 28.6. The maximum atomic E-state index is 13.0. The number of benzene rings is 2. The number of amides is 1. The van der Waals surface area contributed by atoms with Gasteiger partial charge in [-0.25, -0.2) is 38.8 Å².